The maximum atomic E-state index is 5.86. The Balaban J connectivity index is 2.05. The van der Waals surface area contributed by atoms with Crippen LogP contribution in [0.4, 0.5) is 0 Å². The Labute approximate surface area is 119 Å². The Morgan fingerprint density at radius 2 is 2.06 bits per heavy atom. The fourth-order valence-electron chi connectivity index (χ4n) is 1.53. The molecule has 0 aliphatic heterocycles. The third-order valence-corrected chi connectivity index (χ3v) is 4.86. The summed E-state index contributed by atoms with van der Waals surface area (Å²) in [7, 11) is 1.69. The predicted octanol–water partition coefficient (Wildman–Crippen LogP) is 5.09. The molecule has 90 valence electrons. The van der Waals surface area contributed by atoms with Crippen molar-refractivity contribution in [2.75, 3.05) is 7.11 Å². The third kappa shape index (κ3) is 3.47. The SMILES string of the molecule is COc1csc(C(Br)Cc2ccc(Cl)cc2)c1. The van der Waals surface area contributed by atoms with Crippen LogP contribution in [0.2, 0.25) is 5.02 Å². The molecule has 0 spiro atoms. The van der Waals surface area contributed by atoms with Crippen LogP contribution in [0, 0.1) is 0 Å². The minimum absolute atomic E-state index is 0.317. The average molecular weight is 332 g/mol. The van der Waals surface area contributed by atoms with Gasteiger partial charge in [0.05, 0.1) is 11.9 Å². The van der Waals surface area contributed by atoms with Gasteiger partial charge in [-0.25, -0.2) is 0 Å². The van der Waals surface area contributed by atoms with Gasteiger partial charge < -0.3 is 4.74 Å². The van der Waals surface area contributed by atoms with Crippen molar-refractivity contribution in [3.8, 4) is 5.75 Å². The molecule has 17 heavy (non-hydrogen) atoms. The first-order valence-electron chi connectivity index (χ1n) is 5.20. The van der Waals surface area contributed by atoms with E-state index in [4.69, 9.17) is 16.3 Å². The van der Waals surface area contributed by atoms with Crippen LogP contribution in [0.3, 0.4) is 0 Å². The molecule has 0 fully saturated rings. The van der Waals surface area contributed by atoms with E-state index in [2.05, 4.69) is 34.1 Å². The van der Waals surface area contributed by atoms with Crippen molar-refractivity contribution in [3.63, 3.8) is 0 Å². The number of thiophene rings is 1. The lowest BCUT2D eigenvalue weighted by molar-refractivity contribution is 0.416. The number of rotatable bonds is 4. The first-order valence-corrected chi connectivity index (χ1v) is 7.37. The van der Waals surface area contributed by atoms with Crippen molar-refractivity contribution in [1.29, 1.82) is 0 Å². The number of methoxy groups -OCH3 is 1. The molecule has 0 saturated carbocycles. The monoisotopic (exact) mass is 330 g/mol. The minimum atomic E-state index is 0.317. The molecule has 0 aliphatic rings. The van der Waals surface area contributed by atoms with Gasteiger partial charge in [0.15, 0.2) is 0 Å². The van der Waals surface area contributed by atoms with Crippen LogP contribution in [0.15, 0.2) is 35.7 Å². The molecule has 1 nitrogen and oxygen atoms in total. The number of ether oxygens (including phenoxy) is 1. The van der Waals surface area contributed by atoms with Crippen LogP contribution in [0.5, 0.6) is 5.75 Å². The summed E-state index contributed by atoms with van der Waals surface area (Å²) in [5.41, 5.74) is 1.27. The standard InChI is InChI=1S/C13H12BrClOS/c1-16-11-7-13(17-8-11)12(14)6-9-2-4-10(15)5-3-9/h2-5,7-8,12H,6H2,1H3. The molecular weight excluding hydrogens is 320 g/mol. The highest BCUT2D eigenvalue weighted by Crippen LogP contribution is 2.34. The molecule has 1 unspecified atom stereocenters. The van der Waals surface area contributed by atoms with Crippen molar-refractivity contribution in [2.45, 2.75) is 11.2 Å². The zero-order valence-electron chi connectivity index (χ0n) is 9.32. The molecule has 0 amide bonds. The largest absolute Gasteiger partial charge is 0.496 e. The minimum Gasteiger partial charge on any atom is -0.496 e. The van der Waals surface area contributed by atoms with Gasteiger partial charge in [-0.3, -0.25) is 0 Å². The quantitative estimate of drug-likeness (QED) is 0.709. The Morgan fingerprint density at radius 3 is 2.65 bits per heavy atom. The van der Waals surface area contributed by atoms with Crippen LogP contribution >= 0.6 is 38.9 Å². The zero-order chi connectivity index (χ0) is 12.3. The first kappa shape index (κ1) is 12.9. The zero-order valence-corrected chi connectivity index (χ0v) is 12.5. The molecule has 1 heterocycles. The fourth-order valence-corrected chi connectivity index (χ4v) is 3.32. The van der Waals surface area contributed by atoms with Crippen LogP contribution in [0.25, 0.3) is 0 Å². The second-order valence-electron chi connectivity index (χ2n) is 3.69. The molecule has 0 saturated heterocycles. The molecule has 1 aromatic heterocycles. The van der Waals surface area contributed by atoms with Crippen molar-refractivity contribution < 1.29 is 4.74 Å². The van der Waals surface area contributed by atoms with E-state index in [9.17, 15) is 0 Å². The third-order valence-electron chi connectivity index (χ3n) is 2.47. The van der Waals surface area contributed by atoms with E-state index < -0.39 is 0 Å². The van der Waals surface area contributed by atoms with Crippen molar-refractivity contribution in [1.82, 2.24) is 0 Å². The molecule has 2 aromatic rings. The molecule has 1 atom stereocenters. The molecule has 0 aliphatic carbocycles. The normalized spacial score (nSPS) is 12.4. The van der Waals surface area contributed by atoms with Gasteiger partial charge in [-0.1, -0.05) is 39.7 Å². The summed E-state index contributed by atoms with van der Waals surface area (Å²) in [6, 6.07) is 10.0. The van der Waals surface area contributed by atoms with E-state index >= 15 is 0 Å². The highest BCUT2D eigenvalue weighted by atomic mass is 79.9. The summed E-state index contributed by atoms with van der Waals surface area (Å²) in [5.74, 6) is 0.922. The van der Waals surface area contributed by atoms with Gasteiger partial charge >= 0.3 is 0 Å². The van der Waals surface area contributed by atoms with Crippen LogP contribution in [-0.4, -0.2) is 7.11 Å². The number of hydrogen-bond acceptors (Lipinski definition) is 2. The Bertz CT molecular complexity index is 480. The molecule has 0 bridgehead atoms. The van der Waals surface area contributed by atoms with E-state index in [0.717, 1.165) is 17.2 Å². The van der Waals surface area contributed by atoms with E-state index in [0.29, 0.717) is 4.83 Å². The Hall–Kier alpha value is -0.510. The van der Waals surface area contributed by atoms with Crippen LogP contribution < -0.4 is 4.74 Å². The van der Waals surface area contributed by atoms with Crippen molar-refractivity contribution >= 4 is 38.9 Å². The van der Waals surface area contributed by atoms with Crippen LogP contribution in [0.1, 0.15) is 15.3 Å². The van der Waals surface area contributed by atoms with Gasteiger partial charge in [0.25, 0.3) is 0 Å². The number of halogens is 2. The fraction of sp³-hybridized carbons (Fsp3) is 0.231. The molecule has 4 heteroatoms. The summed E-state index contributed by atoms with van der Waals surface area (Å²) in [6.07, 6.45) is 0.945. The van der Waals surface area contributed by atoms with Gasteiger partial charge in [-0.15, -0.1) is 11.3 Å². The Morgan fingerprint density at radius 1 is 1.35 bits per heavy atom. The first-order chi connectivity index (χ1) is 8.19. The van der Waals surface area contributed by atoms with Gasteiger partial charge in [-0.05, 0) is 30.2 Å². The van der Waals surface area contributed by atoms with E-state index in [1.54, 1.807) is 18.4 Å². The van der Waals surface area contributed by atoms with Gasteiger partial charge in [-0.2, -0.15) is 0 Å². The molecular formula is C13H12BrClOS. The number of hydrogen-bond donors (Lipinski definition) is 0. The lowest BCUT2D eigenvalue weighted by Gasteiger charge is -2.07. The molecule has 0 N–H and O–H groups in total. The van der Waals surface area contributed by atoms with E-state index in [1.165, 1.54) is 10.4 Å². The Kier molecular flexibility index (Phi) is 4.48. The second-order valence-corrected chi connectivity index (χ2v) is 6.17. The topological polar surface area (TPSA) is 9.23 Å². The summed E-state index contributed by atoms with van der Waals surface area (Å²) < 4.78 is 5.18. The van der Waals surface area contributed by atoms with Crippen molar-refractivity contribution in [2.24, 2.45) is 0 Å². The molecule has 2 rings (SSSR count). The van der Waals surface area contributed by atoms with Gasteiger partial charge in [0.1, 0.15) is 5.75 Å². The summed E-state index contributed by atoms with van der Waals surface area (Å²) >= 11 is 11.3. The highest BCUT2D eigenvalue weighted by Gasteiger charge is 2.11. The van der Waals surface area contributed by atoms with Gasteiger partial charge in [0.2, 0.25) is 0 Å². The molecule has 1 aromatic carbocycles. The summed E-state index contributed by atoms with van der Waals surface area (Å²) in [6.45, 7) is 0. The maximum Gasteiger partial charge on any atom is 0.129 e. The van der Waals surface area contributed by atoms with E-state index in [-0.39, 0.29) is 0 Å². The average Bonchev–Trinajstić information content (AvgIpc) is 2.81. The number of alkyl halides is 1. The summed E-state index contributed by atoms with van der Waals surface area (Å²) in [5, 5.41) is 2.79. The smallest absolute Gasteiger partial charge is 0.129 e. The predicted molar refractivity (Wildman–Crippen MR) is 77.7 cm³/mol. The number of benzene rings is 1. The lowest BCUT2D eigenvalue weighted by Crippen LogP contribution is -1.92. The lowest BCUT2D eigenvalue weighted by atomic mass is 10.1. The van der Waals surface area contributed by atoms with E-state index in [1.807, 2.05) is 17.5 Å². The molecule has 0 radical (unpaired) electrons. The van der Waals surface area contributed by atoms with Gasteiger partial charge in [0, 0.05) is 15.3 Å². The second kappa shape index (κ2) is 5.89. The van der Waals surface area contributed by atoms with Crippen molar-refractivity contribution in [3.05, 3.63) is 51.2 Å². The summed E-state index contributed by atoms with van der Waals surface area (Å²) in [4.78, 5) is 1.59. The highest BCUT2D eigenvalue weighted by molar-refractivity contribution is 9.09. The maximum absolute atomic E-state index is 5.86. The van der Waals surface area contributed by atoms with Crippen LogP contribution in [-0.2, 0) is 6.42 Å².